The van der Waals surface area contributed by atoms with E-state index in [1.165, 1.54) is 6.20 Å². The fourth-order valence-electron chi connectivity index (χ4n) is 3.88. The predicted octanol–water partition coefficient (Wildman–Crippen LogP) is 3.72. The molecule has 2 aromatic rings. The van der Waals surface area contributed by atoms with Crippen LogP contribution in [0.25, 0.3) is 16.5 Å². The lowest BCUT2D eigenvalue weighted by molar-refractivity contribution is -0.0206. The quantitative estimate of drug-likeness (QED) is 0.354. The number of hydrogen-bond acceptors (Lipinski definition) is 9. The van der Waals surface area contributed by atoms with E-state index in [1.807, 2.05) is 13.0 Å². The molecule has 9 heteroatoms. The van der Waals surface area contributed by atoms with Gasteiger partial charge in [-0.2, -0.15) is 0 Å². The van der Waals surface area contributed by atoms with Crippen LogP contribution in [-0.2, 0) is 14.3 Å². The maximum absolute atomic E-state index is 12.8. The third-order valence-electron chi connectivity index (χ3n) is 5.37. The number of ether oxygens (including phenoxy) is 2. The molecule has 0 aromatic carbocycles. The molecule has 2 unspecified atom stereocenters. The van der Waals surface area contributed by atoms with Crippen LogP contribution >= 0.6 is 0 Å². The van der Waals surface area contributed by atoms with Gasteiger partial charge in [0.05, 0.1) is 42.6 Å². The highest BCUT2D eigenvalue weighted by Crippen LogP contribution is 2.38. The van der Waals surface area contributed by atoms with Gasteiger partial charge in [-0.15, -0.1) is 0 Å². The second kappa shape index (κ2) is 11.1. The van der Waals surface area contributed by atoms with Gasteiger partial charge in [-0.1, -0.05) is 6.92 Å². The first kappa shape index (κ1) is 23.7. The molecule has 2 N–H and O–H groups in total. The first-order valence-corrected chi connectivity index (χ1v) is 11.1. The molecule has 0 saturated carbocycles. The Balaban J connectivity index is 2.18. The Bertz CT molecular complexity index is 984. The van der Waals surface area contributed by atoms with Crippen molar-refractivity contribution in [1.82, 2.24) is 4.98 Å². The molecule has 1 saturated heterocycles. The number of pyridine rings is 1. The minimum absolute atomic E-state index is 0.0148. The summed E-state index contributed by atoms with van der Waals surface area (Å²) in [5.41, 5.74) is 8.04. The van der Waals surface area contributed by atoms with E-state index in [2.05, 4.69) is 16.9 Å². The van der Waals surface area contributed by atoms with E-state index in [0.717, 1.165) is 19.3 Å². The Kier molecular flexibility index (Phi) is 8.24. The van der Waals surface area contributed by atoms with Crippen molar-refractivity contribution in [2.75, 3.05) is 31.9 Å². The molecule has 0 amide bonds. The molecule has 1 aliphatic heterocycles. The molecule has 2 aromatic heterocycles. The number of carbonyl (C=O) groups excluding carboxylic acids is 1. The number of nitrogens with zero attached hydrogens (tertiary/aromatic N) is 3. The molecule has 3 rings (SSSR count). The van der Waals surface area contributed by atoms with Crippen molar-refractivity contribution in [3.63, 3.8) is 0 Å². The summed E-state index contributed by atoms with van der Waals surface area (Å²) in [6.45, 7) is 7.05. The Morgan fingerprint density at radius 2 is 2.19 bits per heavy atom. The summed E-state index contributed by atoms with van der Waals surface area (Å²) in [6.07, 6.45) is 7.23. The fourth-order valence-corrected chi connectivity index (χ4v) is 3.88. The number of allylic oxidation sites excluding steroid dienone is 1. The molecule has 0 bridgehead atoms. The summed E-state index contributed by atoms with van der Waals surface area (Å²) in [5.74, 6) is -0.454. The molecule has 174 valence electrons. The number of carbonyl (C=O) groups is 1. The van der Waals surface area contributed by atoms with Crippen molar-refractivity contribution in [1.29, 1.82) is 0 Å². The largest absolute Gasteiger partial charge is 0.460 e. The van der Waals surface area contributed by atoms with Gasteiger partial charge in [0.2, 0.25) is 5.76 Å². The van der Waals surface area contributed by atoms with Gasteiger partial charge < -0.3 is 19.6 Å². The highest BCUT2D eigenvalue weighted by atomic mass is 16.7. The maximum atomic E-state index is 12.8. The van der Waals surface area contributed by atoms with Crippen LogP contribution in [0.15, 0.2) is 27.9 Å². The molecular formula is C23H32N4O5. The number of fused-ring (bicyclic) bond motifs is 1. The number of aromatic nitrogens is 1. The van der Waals surface area contributed by atoms with E-state index in [0.29, 0.717) is 41.1 Å². The zero-order chi connectivity index (χ0) is 23.1. The minimum Gasteiger partial charge on any atom is -0.460 e. The van der Waals surface area contributed by atoms with Crippen LogP contribution < -0.4 is 10.8 Å². The van der Waals surface area contributed by atoms with Gasteiger partial charge in [0.25, 0.3) is 0 Å². The summed E-state index contributed by atoms with van der Waals surface area (Å²) in [4.78, 5) is 27.4. The first-order chi connectivity index (χ1) is 15.6. The number of rotatable bonds is 9. The smallest absolute Gasteiger partial charge is 0.376 e. The third-order valence-corrected chi connectivity index (χ3v) is 5.37. The number of nitrogens with two attached hydrogens (primary N) is 1. The van der Waals surface area contributed by atoms with Crippen molar-refractivity contribution in [3.8, 4) is 0 Å². The number of hydrogen-bond donors (Lipinski definition) is 1. The summed E-state index contributed by atoms with van der Waals surface area (Å²) >= 11 is 0. The van der Waals surface area contributed by atoms with Crippen molar-refractivity contribution >= 4 is 34.4 Å². The average Bonchev–Trinajstić information content (AvgIpc) is 3.19. The third kappa shape index (κ3) is 4.94. The minimum atomic E-state index is -0.547. The summed E-state index contributed by atoms with van der Waals surface area (Å²) in [6, 6.07) is 1.85. The number of hydroxylamine groups is 1. The van der Waals surface area contributed by atoms with Crippen LogP contribution in [0.1, 0.15) is 56.3 Å². The van der Waals surface area contributed by atoms with Crippen LogP contribution in [0.5, 0.6) is 0 Å². The Morgan fingerprint density at radius 1 is 1.38 bits per heavy atom. The van der Waals surface area contributed by atoms with Crippen molar-refractivity contribution < 1.29 is 23.5 Å². The monoisotopic (exact) mass is 444 g/mol. The summed E-state index contributed by atoms with van der Waals surface area (Å²) in [5, 5.41) is 2.49. The lowest BCUT2D eigenvalue weighted by Gasteiger charge is -2.37. The number of aliphatic imine (C=N–C) groups is 1. The van der Waals surface area contributed by atoms with Gasteiger partial charge in [0.1, 0.15) is 5.69 Å². The zero-order valence-electron chi connectivity index (χ0n) is 19.2. The van der Waals surface area contributed by atoms with E-state index in [1.54, 1.807) is 31.4 Å². The maximum Gasteiger partial charge on any atom is 0.376 e. The SMILES string of the molecule is CCOC(=O)c1oc2cnc(/C(C=NC)=C/N)cc2c1N(OCC)C1CCOC(CC)C1. The molecule has 0 radical (unpaired) electrons. The lowest BCUT2D eigenvalue weighted by Crippen LogP contribution is -2.43. The van der Waals surface area contributed by atoms with Crippen molar-refractivity contribution in [2.45, 2.75) is 52.2 Å². The zero-order valence-corrected chi connectivity index (χ0v) is 19.2. The molecule has 1 aliphatic rings. The van der Waals surface area contributed by atoms with Gasteiger partial charge in [-0.05, 0) is 39.2 Å². The van der Waals surface area contributed by atoms with E-state index in [9.17, 15) is 4.79 Å². The van der Waals surface area contributed by atoms with Gasteiger partial charge >= 0.3 is 5.97 Å². The number of furan rings is 1. The molecule has 32 heavy (non-hydrogen) atoms. The van der Waals surface area contributed by atoms with Gasteiger partial charge in [-0.25, -0.2) is 9.86 Å². The van der Waals surface area contributed by atoms with Crippen LogP contribution in [0.3, 0.4) is 0 Å². The summed E-state index contributed by atoms with van der Waals surface area (Å²) in [7, 11) is 1.66. The Morgan fingerprint density at radius 3 is 2.84 bits per heavy atom. The molecule has 3 heterocycles. The number of esters is 1. The standard InChI is InChI=1S/C23H32N4O5/c1-5-17-10-16(8-9-30-17)27(31-7-3)21-18-11-19(15(12-24)13-25-4)26-14-20(18)32-22(21)23(28)29-6-2/h11-14,16-17H,5-10,24H2,1-4H3/b15-12+,25-13?. The molecule has 9 nitrogen and oxygen atoms in total. The molecule has 0 aliphatic carbocycles. The number of anilines is 1. The van der Waals surface area contributed by atoms with Crippen LogP contribution in [0, 0.1) is 0 Å². The van der Waals surface area contributed by atoms with Crippen molar-refractivity contribution in [2.24, 2.45) is 10.7 Å². The first-order valence-electron chi connectivity index (χ1n) is 11.1. The van der Waals surface area contributed by atoms with Gasteiger partial charge in [0, 0.05) is 31.6 Å². The lowest BCUT2D eigenvalue weighted by atomic mass is 10.0. The second-order valence-electron chi connectivity index (χ2n) is 7.40. The van der Waals surface area contributed by atoms with Crippen LogP contribution in [0.4, 0.5) is 5.69 Å². The topological polar surface area (TPSA) is 112 Å². The van der Waals surface area contributed by atoms with Crippen LogP contribution in [-0.4, -0.2) is 56.2 Å². The van der Waals surface area contributed by atoms with E-state index >= 15 is 0 Å². The highest BCUT2D eigenvalue weighted by Gasteiger charge is 2.34. The molecular weight excluding hydrogens is 412 g/mol. The Hall–Kier alpha value is -2.91. The van der Waals surface area contributed by atoms with Crippen molar-refractivity contribution in [3.05, 3.63) is 29.9 Å². The normalized spacial score (nSPS) is 19.6. The van der Waals surface area contributed by atoms with Crippen LogP contribution in [0.2, 0.25) is 0 Å². The summed E-state index contributed by atoms with van der Waals surface area (Å²) < 4.78 is 17.1. The van der Waals surface area contributed by atoms with Gasteiger partial charge in [-0.3, -0.25) is 14.8 Å². The fraction of sp³-hybridized carbons (Fsp3) is 0.522. The molecule has 0 spiro atoms. The van der Waals surface area contributed by atoms with E-state index in [4.69, 9.17) is 24.5 Å². The molecule has 1 fully saturated rings. The second-order valence-corrected chi connectivity index (χ2v) is 7.40. The Labute approximate surface area is 188 Å². The van der Waals surface area contributed by atoms with Gasteiger partial charge in [0.15, 0.2) is 5.58 Å². The average molecular weight is 445 g/mol. The van der Waals surface area contributed by atoms with E-state index in [-0.39, 0.29) is 24.5 Å². The molecule has 2 atom stereocenters. The van der Waals surface area contributed by atoms with E-state index < -0.39 is 5.97 Å². The highest BCUT2D eigenvalue weighted by molar-refractivity contribution is 6.11. The predicted molar refractivity (Wildman–Crippen MR) is 124 cm³/mol.